The Morgan fingerprint density at radius 3 is 2.90 bits per heavy atom. The highest BCUT2D eigenvalue weighted by atomic mass is 16.5. The molecule has 0 bridgehead atoms. The van der Waals surface area contributed by atoms with E-state index in [1.807, 2.05) is 24.5 Å². The molecule has 21 heavy (non-hydrogen) atoms. The molecule has 1 aliphatic heterocycles. The van der Waals surface area contributed by atoms with Crippen LogP contribution in [0.3, 0.4) is 0 Å². The number of hydrogen-bond acceptors (Lipinski definition) is 5. The van der Waals surface area contributed by atoms with Crippen molar-refractivity contribution in [3.63, 3.8) is 0 Å². The zero-order chi connectivity index (χ0) is 14.9. The minimum atomic E-state index is -0.156. The molecule has 1 fully saturated rings. The summed E-state index contributed by atoms with van der Waals surface area (Å²) in [6.45, 7) is 3.39. The predicted octanol–water partition coefficient (Wildman–Crippen LogP) is 1.67. The molecule has 0 saturated carbocycles. The Morgan fingerprint density at radius 2 is 2.24 bits per heavy atom. The summed E-state index contributed by atoms with van der Waals surface area (Å²) in [6, 6.07) is 4.06. The van der Waals surface area contributed by atoms with Gasteiger partial charge in [0.25, 0.3) is 0 Å². The van der Waals surface area contributed by atoms with Gasteiger partial charge in [-0.25, -0.2) is 0 Å². The van der Waals surface area contributed by atoms with Crippen LogP contribution in [0.2, 0.25) is 0 Å². The first kappa shape index (κ1) is 15.9. The molecule has 2 rings (SSSR count). The van der Waals surface area contributed by atoms with E-state index in [1.165, 1.54) is 12.7 Å². The summed E-state index contributed by atoms with van der Waals surface area (Å²) in [4.78, 5) is 17.7. The van der Waals surface area contributed by atoms with Crippen molar-refractivity contribution in [1.29, 1.82) is 0 Å². The molecule has 116 valence electrons. The van der Waals surface area contributed by atoms with Gasteiger partial charge < -0.3 is 9.47 Å². The summed E-state index contributed by atoms with van der Waals surface area (Å²) in [7, 11) is 1.43. The van der Waals surface area contributed by atoms with Crippen LogP contribution in [0.15, 0.2) is 24.5 Å². The van der Waals surface area contributed by atoms with Crippen LogP contribution >= 0.6 is 0 Å². The van der Waals surface area contributed by atoms with Gasteiger partial charge in [0.05, 0.1) is 19.6 Å². The SMILES string of the molecule is COC(=O)CCN(CCc1ccncc1)CC1CCCO1. The van der Waals surface area contributed by atoms with Crippen molar-refractivity contribution in [1.82, 2.24) is 9.88 Å². The van der Waals surface area contributed by atoms with Gasteiger partial charge in [0.1, 0.15) is 0 Å². The van der Waals surface area contributed by atoms with E-state index in [-0.39, 0.29) is 5.97 Å². The molecule has 1 aliphatic rings. The Hall–Kier alpha value is -1.46. The molecule has 0 radical (unpaired) electrons. The molecule has 0 aliphatic carbocycles. The molecule has 5 heteroatoms. The van der Waals surface area contributed by atoms with Gasteiger partial charge >= 0.3 is 5.97 Å². The minimum absolute atomic E-state index is 0.156. The summed E-state index contributed by atoms with van der Waals surface area (Å²) in [5.74, 6) is -0.156. The molecular weight excluding hydrogens is 268 g/mol. The van der Waals surface area contributed by atoms with Crippen molar-refractivity contribution in [2.75, 3.05) is 33.4 Å². The zero-order valence-corrected chi connectivity index (χ0v) is 12.7. The number of carbonyl (C=O) groups excluding carboxylic acids is 1. The molecule has 1 unspecified atom stereocenters. The van der Waals surface area contributed by atoms with Gasteiger partial charge in [-0.1, -0.05) is 0 Å². The first-order valence-electron chi connectivity index (χ1n) is 7.57. The maximum atomic E-state index is 11.3. The summed E-state index contributed by atoms with van der Waals surface area (Å²) in [6.07, 6.45) is 7.57. The molecule has 0 spiro atoms. The standard InChI is InChI=1S/C16H24N2O3/c1-20-16(19)7-11-18(13-15-3-2-12-21-15)10-6-14-4-8-17-9-5-14/h4-5,8-9,15H,2-3,6-7,10-13H2,1H3. The van der Waals surface area contributed by atoms with Gasteiger partial charge in [-0.15, -0.1) is 0 Å². The fraction of sp³-hybridized carbons (Fsp3) is 0.625. The summed E-state index contributed by atoms with van der Waals surface area (Å²) >= 11 is 0. The van der Waals surface area contributed by atoms with E-state index in [0.717, 1.165) is 45.5 Å². The first-order chi connectivity index (χ1) is 10.3. The van der Waals surface area contributed by atoms with E-state index >= 15 is 0 Å². The maximum absolute atomic E-state index is 11.3. The van der Waals surface area contributed by atoms with E-state index in [4.69, 9.17) is 9.47 Å². The van der Waals surface area contributed by atoms with Crippen LogP contribution in [0.5, 0.6) is 0 Å². The van der Waals surface area contributed by atoms with E-state index in [1.54, 1.807) is 0 Å². The monoisotopic (exact) mass is 292 g/mol. The van der Waals surface area contributed by atoms with Crippen molar-refractivity contribution < 1.29 is 14.3 Å². The lowest BCUT2D eigenvalue weighted by atomic mass is 10.1. The number of nitrogens with zero attached hydrogens (tertiary/aromatic N) is 2. The molecule has 1 atom stereocenters. The second-order valence-corrected chi connectivity index (χ2v) is 5.37. The Bertz CT molecular complexity index is 419. The zero-order valence-electron chi connectivity index (χ0n) is 12.7. The van der Waals surface area contributed by atoms with Crippen molar-refractivity contribution in [2.24, 2.45) is 0 Å². The van der Waals surface area contributed by atoms with Crippen molar-refractivity contribution in [3.8, 4) is 0 Å². The fourth-order valence-electron chi connectivity index (χ4n) is 2.56. The number of pyridine rings is 1. The topological polar surface area (TPSA) is 51.7 Å². The highest BCUT2D eigenvalue weighted by molar-refractivity contribution is 5.69. The molecule has 0 amide bonds. The maximum Gasteiger partial charge on any atom is 0.306 e. The Labute approximate surface area is 126 Å². The van der Waals surface area contributed by atoms with Gasteiger partial charge in [0.15, 0.2) is 0 Å². The Balaban J connectivity index is 1.82. The lowest BCUT2D eigenvalue weighted by Crippen LogP contribution is -2.35. The number of esters is 1. The number of rotatable bonds is 8. The molecule has 1 saturated heterocycles. The quantitative estimate of drug-likeness (QED) is 0.682. The predicted molar refractivity (Wildman–Crippen MR) is 80.0 cm³/mol. The van der Waals surface area contributed by atoms with Crippen molar-refractivity contribution >= 4 is 5.97 Å². The summed E-state index contributed by atoms with van der Waals surface area (Å²) in [5.41, 5.74) is 1.26. The van der Waals surface area contributed by atoms with E-state index in [2.05, 4.69) is 9.88 Å². The number of carbonyl (C=O) groups is 1. The van der Waals surface area contributed by atoms with E-state index in [9.17, 15) is 4.79 Å². The lowest BCUT2D eigenvalue weighted by Gasteiger charge is -2.24. The van der Waals surface area contributed by atoms with Crippen LogP contribution in [-0.4, -0.2) is 55.3 Å². The smallest absolute Gasteiger partial charge is 0.306 e. The summed E-state index contributed by atoms with van der Waals surface area (Å²) in [5, 5.41) is 0. The molecule has 5 nitrogen and oxygen atoms in total. The van der Waals surface area contributed by atoms with Gasteiger partial charge in [0, 0.05) is 38.6 Å². The third-order valence-electron chi connectivity index (χ3n) is 3.81. The molecule has 0 aromatic carbocycles. The van der Waals surface area contributed by atoms with Crippen LogP contribution < -0.4 is 0 Å². The Kier molecular flexibility index (Phi) is 6.63. The highest BCUT2D eigenvalue weighted by Gasteiger charge is 2.19. The second-order valence-electron chi connectivity index (χ2n) is 5.37. The fourth-order valence-corrected chi connectivity index (χ4v) is 2.56. The van der Waals surface area contributed by atoms with E-state index < -0.39 is 0 Å². The van der Waals surface area contributed by atoms with E-state index in [0.29, 0.717) is 12.5 Å². The van der Waals surface area contributed by atoms with Crippen LogP contribution in [-0.2, 0) is 20.7 Å². The van der Waals surface area contributed by atoms with Crippen LogP contribution in [0, 0.1) is 0 Å². The number of hydrogen-bond donors (Lipinski definition) is 0. The van der Waals surface area contributed by atoms with Gasteiger partial charge in [-0.3, -0.25) is 14.7 Å². The summed E-state index contributed by atoms with van der Waals surface area (Å²) < 4.78 is 10.4. The normalized spacial score (nSPS) is 18.1. The molecular formula is C16H24N2O3. The van der Waals surface area contributed by atoms with Crippen molar-refractivity contribution in [2.45, 2.75) is 31.8 Å². The molecule has 1 aromatic rings. The van der Waals surface area contributed by atoms with Crippen molar-refractivity contribution in [3.05, 3.63) is 30.1 Å². The van der Waals surface area contributed by atoms with Gasteiger partial charge in [-0.2, -0.15) is 0 Å². The third-order valence-corrected chi connectivity index (χ3v) is 3.81. The second kappa shape index (κ2) is 8.74. The molecule has 2 heterocycles. The minimum Gasteiger partial charge on any atom is -0.469 e. The van der Waals surface area contributed by atoms with Crippen LogP contribution in [0.25, 0.3) is 0 Å². The van der Waals surface area contributed by atoms with Gasteiger partial charge in [-0.05, 0) is 37.0 Å². The number of aromatic nitrogens is 1. The Morgan fingerprint density at radius 1 is 1.43 bits per heavy atom. The largest absolute Gasteiger partial charge is 0.469 e. The van der Waals surface area contributed by atoms with Gasteiger partial charge in [0.2, 0.25) is 0 Å². The molecule has 1 aromatic heterocycles. The highest BCUT2D eigenvalue weighted by Crippen LogP contribution is 2.14. The number of ether oxygens (including phenoxy) is 2. The third kappa shape index (κ3) is 5.81. The van der Waals surface area contributed by atoms with Crippen LogP contribution in [0.1, 0.15) is 24.8 Å². The molecule has 0 N–H and O–H groups in total. The average Bonchev–Trinajstić information content (AvgIpc) is 3.03. The lowest BCUT2D eigenvalue weighted by molar-refractivity contribution is -0.141. The van der Waals surface area contributed by atoms with Crippen LogP contribution in [0.4, 0.5) is 0 Å². The number of methoxy groups -OCH3 is 1. The average molecular weight is 292 g/mol. The first-order valence-corrected chi connectivity index (χ1v) is 7.57.